The maximum absolute atomic E-state index is 11.5. The number of benzene rings is 2. The zero-order chi connectivity index (χ0) is 17.3. The fourth-order valence-electron chi connectivity index (χ4n) is 2.77. The van der Waals surface area contributed by atoms with Gasteiger partial charge in [0, 0.05) is 6.04 Å². The van der Waals surface area contributed by atoms with Gasteiger partial charge in [-0.15, -0.1) is 0 Å². The molecular formula is C17H17N3O4. The lowest BCUT2D eigenvalue weighted by molar-refractivity contribution is -0.384. The number of hydrogen-bond donors (Lipinski definition) is 2. The minimum absolute atomic E-state index is 0.0923. The summed E-state index contributed by atoms with van der Waals surface area (Å²) in [7, 11) is 0. The van der Waals surface area contributed by atoms with Crippen LogP contribution in [0.5, 0.6) is 5.75 Å². The molecule has 0 aromatic heterocycles. The number of carbonyl (C=O) groups is 1. The minimum atomic E-state index is -0.465. The lowest BCUT2D eigenvalue weighted by Gasteiger charge is -2.21. The molecule has 0 bridgehead atoms. The van der Waals surface area contributed by atoms with Crippen LogP contribution in [-0.2, 0) is 4.79 Å². The molecule has 3 rings (SSSR count). The Labute approximate surface area is 138 Å². The highest BCUT2D eigenvalue weighted by Crippen LogP contribution is 2.39. The first kappa shape index (κ1) is 15.8. The number of carbonyl (C=O) groups excluding carboxylic acids is 1. The summed E-state index contributed by atoms with van der Waals surface area (Å²) < 4.78 is 5.25. The minimum Gasteiger partial charge on any atom is -0.481 e. The normalized spacial score (nSPS) is 14.2. The molecule has 24 heavy (non-hydrogen) atoms. The molecule has 0 saturated heterocycles. The number of nitrogens with zero attached hydrogens (tertiary/aromatic N) is 1. The number of anilines is 2. The number of ether oxygens (including phenoxy) is 1. The van der Waals surface area contributed by atoms with E-state index in [2.05, 4.69) is 10.6 Å². The predicted molar refractivity (Wildman–Crippen MR) is 90.4 cm³/mol. The van der Waals surface area contributed by atoms with E-state index in [1.807, 2.05) is 38.1 Å². The molecule has 1 aliphatic rings. The summed E-state index contributed by atoms with van der Waals surface area (Å²) in [5, 5.41) is 17.2. The van der Waals surface area contributed by atoms with E-state index in [9.17, 15) is 14.9 Å². The molecular weight excluding hydrogens is 310 g/mol. The fraction of sp³-hybridized carbons (Fsp3) is 0.235. The van der Waals surface area contributed by atoms with Crippen molar-refractivity contribution in [3.8, 4) is 5.75 Å². The van der Waals surface area contributed by atoms with Gasteiger partial charge in [0.25, 0.3) is 11.6 Å². The molecule has 2 aromatic carbocycles. The molecule has 0 saturated carbocycles. The van der Waals surface area contributed by atoms with Crippen molar-refractivity contribution in [3.05, 3.63) is 57.6 Å². The summed E-state index contributed by atoms with van der Waals surface area (Å²) in [6.07, 6.45) is 0. The molecule has 0 fully saturated rings. The first-order valence-electron chi connectivity index (χ1n) is 7.53. The van der Waals surface area contributed by atoms with Gasteiger partial charge >= 0.3 is 0 Å². The SMILES string of the molecule is Cc1ccccc1C(C)Nc1cc2c(cc1[N+](=O)[O-])OCC(=O)N2. The van der Waals surface area contributed by atoms with Crippen LogP contribution in [0, 0.1) is 17.0 Å². The van der Waals surface area contributed by atoms with Gasteiger partial charge in [-0.25, -0.2) is 0 Å². The van der Waals surface area contributed by atoms with Crippen LogP contribution in [-0.4, -0.2) is 17.4 Å². The van der Waals surface area contributed by atoms with Gasteiger partial charge < -0.3 is 15.4 Å². The molecule has 1 unspecified atom stereocenters. The third kappa shape index (κ3) is 3.01. The van der Waals surface area contributed by atoms with Gasteiger partial charge in [0.05, 0.1) is 16.7 Å². The maximum Gasteiger partial charge on any atom is 0.296 e. The quantitative estimate of drug-likeness (QED) is 0.663. The van der Waals surface area contributed by atoms with E-state index < -0.39 is 4.92 Å². The molecule has 0 aliphatic carbocycles. The van der Waals surface area contributed by atoms with Gasteiger partial charge in [-0.3, -0.25) is 14.9 Å². The average molecular weight is 327 g/mol. The van der Waals surface area contributed by atoms with Crippen LogP contribution in [0.1, 0.15) is 24.1 Å². The highest BCUT2D eigenvalue weighted by atomic mass is 16.6. The standard InChI is InChI=1S/C17H17N3O4/c1-10-5-3-4-6-12(10)11(2)18-13-7-14-16(8-15(13)20(22)23)24-9-17(21)19-14/h3-8,11,18H,9H2,1-2H3,(H,19,21). The topological polar surface area (TPSA) is 93.5 Å². The molecule has 1 amide bonds. The number of nitrogens with one attached hydrogen (secondary N) is 2. The Hall–Kier alpha value is -3.09. The molecule has 0 radical (unpaired) electrons. The van der Waals surface area contributed by atoms with E-state index in [0.717, 1.165) is 11.1 Å². The molecule has 1 atom stereocenters. The maximum atomic E-state index is 11.5. The Kier molecular flexibility index (Phi) is 4.07. The lowest BCUT2D eigenvalue weighted by atomic mass is 10.0. The van der Waals surface area contributed by atoms with Crippen molar-refractivity contribution in [3.63, 3.8) is 0 Å². The van der Waals surface area contributed by atoms with Gasteiger partial charge in [-0.1, -0.05) is 24.3 Å². The molecule has 2 aromatic rings. The number of aryl methyl sites for hydroxylation is 1. The Morgan fingerprint density at radius 3 is 2.79 bits per heavy atom. The van der Waals surface area contributed by atoms with Crippen LogP contribution in [0.25, 0.3) is 0 Å². The summed E-state index contributed by atoms with van der Waals surface area (Å²) in [6.45, 7) is 3.78. The number of nitro benzene ring substituents is 1. The van der Waals surface area contributed by atoms with E-state index in [1.165, 1.54) is 6.07 Å². The third-order valence-electron chi connectivity index (χ3n) is 3.95. The zero-order valence-electron chi connectivity index (χ0n) is 13.3. The Bertz CT molecular complexity index is 819. The van der Waals surface area contributed by atoms with Crippen LogP contribution in [0.3, 0.4) is 0 Å². The van der Waals surface area contributed by atoms with Crippen molar-refractivity contribution in [2.75, 3.05) is 17.2 Å². The second-order valence-corrected chi connectivity index (χ2v) is 5.68. The summed E-state index contributed by atoms with van der Waals surface area (Å²) in [6, 6.07) is 10.6. The summed E-state index contributed by atoms with van der Waals surface area (Å²) >= 11 is 0. The number of amides is 1. The fourth-order valence-corrected chi connectivity index (χ4v) is 2.77. The van der Waals surface area contributed by atoms with E-state index >= 15 is 0 Å². The number of rotatable bonds is 4. The van der Waals surface area contributed by atoms with E-state index in [-0.39, 0.29) is 24.2 Å². The van der Waals surface area contributed by atoms with Crippen molar-refractivity contribution in [1.29, 1.82) is 0 Å². The van der Waals surface area contributed by atoms with Gasteiger partial charge in [0.2, 0.25) is 0 Å². The first-order valence-corrected chi connectivity index (χ1v) is 7.53. The average Bonchev–Trinajstić information content (AvgIpc) is 2.54. The van der Waals surface area contributed by atoms with Gasteiger partial charge in [-0.2, -0.15) is 0 Å². The van der Waals surface area contributed by atoms with Crippen LogP contribution < -0.4 is 15.4 Å². The van der Waals surface area contributed by atoms with Crippen molar-refractivity contribution >= 4 is 23.0 Å². The zero-order valence-corrected chi connectivity index (χ0v) is 13.3. The number of nitro groups is 1. The monoisotopic (exact) mass is 327 g/mol. The second kappa shape index (κ2) is 6.19. The van der Waals surface area contributed by atoms with Crippen molar-refractivity contribution in [1.82, 2.24) is 0 Å². The van der Waals surface area contributed by atoms with Gasteiger partial charge in [-0.05, 0) is 31.0 Å². The van der Waals surface area contributed by atoms with Crippen molar-refractivity contribution in [2.45, 2.75) is 19.9 Å². The van der Waals surface area contributed by atoms with Crippen LogP contribution >= 0.6 is 0 Å². The smallest absolute Gasteiger partial charge is 0.296 e. The number of hydrogen-bond acceptors (Lipinski definition) is 5. The molecule has 7 heteroatoms. The molecule has 1 heterocycles. The number of fused-ring (bicyclic) bond motifs is 1. The Balaban J connectivity index is 1.97. The Morgan fingerprint density at radius 2 is 2.08 bits per heavy atom. The Morgan fingerprint density at radius 1 is 1.33 bits per heavy atom. The van der Waals surface area contributed by atoms with Crippen LogP contribution in [0.2, 0.25) is 0 Å². The molecule has 2 N–H and O–H groups in total. The summed E-state index contributed by atoms with van der Waals surface area (Å²) in [5.74, 6) is 0.0182. The van der Waals surface area contributed by atoms with Crippen LogP contribution in [0.15, 0.2) is 36.4 Å². The largest absolute Gasteiger partial charge is 0.481 e. The van der Waals surface area contributed by atoms with Gasteiger partial charge in [0.15, 0.2) is 12.4 Å². The molecule has 7 nitrogen and oxygen atoms in total. The first-order chi connectivity index (χ1) is 11.5. The van der Waals surface area contributed by atoms with E-state index in [4.69, 9.17) is 4.74 Å². The molecule has 124 valence electrons. The van der Waals surface area contributed by atoms with E-state index in [0.29, 0.717) is 17.1 Å². The lowest BCUT2D eigenvalue weighted by Crippen LogP contribution is -2.25. The summed E-state index contributed by atoms with van der Waals surface area (Å²) in [4.78, 5) is 22.4. The van der Waals surface area contributed by atoms with Crippen molar-refractivity contribution < 1.29 is 14.5 Å². The highest BCUT2D eigenvalue weighted by molar-refractivity contribution is 5.96. The van der Waals surface area contributed by atoms with E-state index in [1.54, 1.807) is 6.07 Å². The van der Waals surface area contributed by atoms with Gasteiger partial charge in [0.1, 0.15) is 5.69 Å². The highest BCUT2D eigenvalue weighted by Gasteiger charge is 2.24. The molecule has 1 aliphatic heterocycles. The van der Waals surface area contributed by atoms with Crippen molar-refractivity contribution in [2.24, 2.45) is 0 Å². The third-order valence-corrected chi connectivity index (χ3v) is 3.95. The summed E-state index contributed by atoms with van der Waals surface area (Å²) in [5.41, 5.74) is 2.81. The van der Waals surface area contributed by atoms with Crippen LogP contribution in [0.4, 0.5) is 17.1 Å². The predicted octanol–water partition coefficient (Wildman–Crippen LogP) is 3.41. The second-order valence-electron chi connectivity index (χ2n) is 5.68. The molecule has 0 spiro atoms.